The van der Waals surface area contributed by atoms with Crippen LogP contribution in [0.3, 0.4) is 0 Å². The molecule has 0 bridgehead atoms. The van der Waals surface area contributed by atoms with Gasteiger partial charge >= 0.3 is 0 Å². The summed E-state index contributed by atoms with van der Waals surface area (Å²) in [6.45, 7) is 2.63. The minimum atomic E-state index is -0.0714. The van der Waals surface area contributed by atoms with Gasteiger partial charge in [0.05, 0.1) is 31.3 Å². The smallest absolute Gasteiger partial charge is 0.226 e. The molecule has 0 aromatic heterocycles. The SMILES string of the molecule is CO[C@@H]1COC2(CCN(C(=O)CCOc3ccccc3)CC2)C1. The molecule has 2 aliphatic heterocycles. The van der Waals surface area contributed by atoms with Crippen molar-refractivity contribution < 1.29 is 19.0 Å². The number of likely N-dealkylation sites (tertiary alicyclic amines) is 1. The lowest BCUT2D eigenvalue weighted by molar-refractivity contribution is -0.136. The number of ether oxygens (including phenoxy) is 3. The summed E-state index contributed by atoms with van der Waals surface area (Å²) in [5.74, 6) is 0.972. The van der Waals surface area contributed by atoms with E-state index in [1.54, 1.807) is 7.11 Å². The van der Waals surface area contributed by atoms with Gasteiger partial charge in [-0.1, -0.05) is 18.2 Å². The Hall–Kier alpha value is -1.59. The second-order valence-corrected chi connectivity index (χ2v) is 6.35. The maximum absolute atomic E-state index is 12.3. The summed E-state index contributed by atoms with van der Waals surface area (Å²) >= 11 is 0. The number of hydrogen-bond donors (Lipinski definition) is 0. The van der Waals surface area contributed by atoms with Gasteiger partial charge in [-0.05, 0) is 25.0 Å². The first-order chi connectivity index (χ1) is 11.2. The molecule has 0 radical (unpaired) electrons. The molecule has 5 nitrogen and oxygen atoms in total. The third-order valence-electron chi connectivity index (χ3n) is 4.86. The molecule has 0 unspecified atom stereocenters. The highest BCUT2D eigenvalue weighted by Gasteiger charge is 2.43. The largest absolute Gasteiger partial charge is 0.493 e. The van der Waals surface area contributed by atoms with Crippen molar-refractivity contribution in [3.8, 4) is 5.75 Å². The molecule has 2 saturated heterocycles. The molecule has 5 heteroatoms. The van der Waals surface area contributed by atoms with Crippen LogP contribution >= 0.6 is 0 Å². The number of rotatable bonds is 5. The molecule has 1 amide bonds. The van der Waals surface area contributed by atoms with Crippen molar-refractivity contribution >= 4 is 5.91 Å². The second kappa shape index (κ2) is 7.32. The summed E-state index contributed by atoms with van der Waals surface area (Å²) in [7, 11) is 1.73. The predicted octanol–water partition coefficient (Wildman–Crippen LogP) is 2.25. The zero-order valence-electron chi connectivity index (χ0n) is 13.7. The van der Waals surface area contributed by atoms with E-state index in [1.165, 1.54) is 0 Å². The van der Waals surface area contributed by atoms with Crippen LogP contribution in [0.5, 0.6) is 5.75 Å². The predicted molar refractivity (Wildman–Crippen MR) is 86.5 cm³/mol. The Balaban J connectivity index is 1.40. The first kappa shape index (κ1) is 16.3. The highest BCUT2D eigenvalue weighted by molar-refractivity contribution is 5.76. The van der Waals surface area contributed by atoms with Gasteiger partial charge in [0.2, 0.25) is 5.91 Å². The van der Waals surface area contributed by atoms with E-state index in [0.717, 1.165) is 38.1 Å². The summed E-state index contributed by atoms with van der Waals surface area (Å²) < 4.78 is 17.0. The van der Waals surface area contributed by atoms with Crippen LogP contribution in [0.25, 0.3) is 0 Å². The average molecular weight is 319 g/mol. The molecule has 0 N–H and O–H groups in total. The molecule has 2 heterocycles. The van der Waals surface area contributed by atoms with E-state index in [9.17, 15) is 4.79 Å². The fourth-order valence-corrected chi connectivity index (χ4v) is 3.40. The lowest BCUT2D eigenvalue weighted by Gasteiger charge is -2.38. The normalized spacial score (nSPS) is 23.2. The fraction of sp³-hybridized carbons (Fsp3) is 0.611. The van der Waals surface area contributed by atoms with Gasteiger partial charge in [-0.2, -0.15) is 0 Å². The summed E-state index contributed by atoms with van der Waals surface area (Å²) in [5, 5.41) is 0. The molecule has 0 saturated carbocycles. The van der Waals surface area contributed by atoms with E-state index < -0.39 is 0 Å². The number of benzene rings is 1. The van der Waals surface area contributed by atoms with Gasteiger partial charge in [-0.15, -0.1) is 0 Å². The molecule has 1 aromatic rings. The Labute approximate surface area is 137 Å². The van der Waals surface area contributed by atoms with Crippen LogP contribution in [0.15, 0.2) is 30.3 Å². The van der Waals surface area contributed by atoms with Crippen molar-refractivity contribution in [2.24, 2.45) is 0 Å². The summed E-state index contributed by atoms with van der Waals surface area (Å²) in [5.41, 5.74) is -0.0714. The zero-order valence-corrected chi connectivity index (χ0v) is 13.7. The van der Waals surface area contributed by atoms with Crippen molar-refractivity contribution in [1.29, 1.82) is 0 Å². The number of piperidine rings is 1. The first-order valence-corrected chi connectivity index (χ1v) is 8.33. The van der Waals surface area contributed by atoms with Gasteiger partial charge in [0.1, 0.15) is 5.75 Å². The Kier molecular flexibility index (Phi) is 5.18. The number of carbonyl (C=O) groups excluding carboxylic acids is 1. The molecule has 126 valence electrons. The Morgan fingerprint density at radius 3 is 2.70 bits per heavy atom. The summed E-state index contributed by atoms with van der Waals surface area (Å²) in [4.78, 5) is 14.2. The molecule has 0 aliphatic carbocycles. The quantitative estimate of drug-likeness (QED) is 0.835. The van der Waals surface area contributed by atoms with Crippen LogP contribution in [-0.2, 0) is 14.3 Å². The van der Waals surface area contributed by atoms with Crippen LogP contribution < -0.4 is 4.74 Å². The Bertz CT molecular complexity index is 511. The van der Waals surface area contributed by atoms with E-state index in [-0.39, 0.29) is 17.6 Å². The van der Waals surface area contributed by atoms with E-state index in [2.05, 4.69) is 0 Å². The molecule has 23 heavy (non-hydrogen) atoms. The number of nitrogens with zero attached hydrogens (tertiary/aromatic N) is 1. The summed E-state index contributed by atoms with van der Waals surface area (Å²) in [6, 6.07) is 9.60. The number of para-hydroxylation sites is 1. The maximum atomic E-state index is 12.3. The fourth-order valence-electron chi connectivity index (χ4n) is 3.40. The first-order valence-electron chi connectivity index (χ1n) is 8.33. The van der Waals surface area contributed by atoms with Crippen molar-refractivity contribution in [3.05, 3.63) is 30.3 Å². The van der Waals surface area contributed by atoms with E-state index in [4.69, 9.17) is 14.2 Å². The van der Waals surface area contributed by atoms with Crippen LogP contribution in [0.2, 0.25) is 0 Å². The van der Waals surface area contributed by atoms with Gasteiger partial charge in [0, 0.05) is 26.6 Å². The minimum absolute atomic E-state index is 0.0714. The number of amides is 1. The maximum Gasteiger partial charge on any atom is 0.226 e. The van der Waals surface area contributed by atoms with E-state index >= 15 is 0 Å². The van der Waals surface area contributed by atoms with Crippen molar-refractivity contribution in [2.45, 2.75) is 37.4 Å². The second-order valence-electron chi connectivity index (χ2n) is 6.35. The van der Waals surface area contributed by atoms with E-state index in [1.807, 2.05) is 35.2 Å². The monoisotopic (exact) mass is 319 g/mol. The van der Waals surface area contributed by atoms with Crippen LogP contribution in [0.1, 0.15) is 25.7 Å². The molecule has 2 fully saturated rings. The molecular weight excluding hydrogens is 294 g/mol. The topological polar surface area (TPSA) is 48.0 Å². The third kappa shape index (κ3) is 4.03. The lowest BCUT2D eigenvalue weighted by atomic mass is 9.88. The van der Waals surface area contributed by atoms with Crippen molar-refractivity contribution in [1.82, 2.24) is 4.90 Å². The molecule has 1 spiro atoms. The van der Waals surface area contributed by atoms with Gasteiger partial charge in [0.15, 0.2) is 0 Å². The van der Waals surface area contributed by atoms with Crippen molar-refractivity contribution in [3.63, 3.8) is 0 Å². The Morgan fingerprint density at radius 2 is 2.04 bits per heavy atom. The standard InChI is InChI=1S/C18H25NO4/c1-21-16-13-18(23-14-16)8-10-19(11-9-18)17(20)7-12-22-15-5-3-2-4-6-15/h2-6,16H,7-14H2,1H3/t16-/m0/s1. The van der Waals surface area contributed by atoms with Crippen LogP contribution in [0, 0.1) is 0 Å². The lowest BCUT2D eigenvalue weighted by Crippen LogP contribution is -2.46. The highest BCUT2D eigenvalue weighted by Crippen LogP contribution is 2.36. The summed E-state index contributed by atoms with van der Waals surface area (Å²) in [6.07, 6.45) is 3.37. The third-order valence-corrected chi connectivity index (χ3v) is 4.86. The van der Waals surface area contributed by atoms with Gasteiger partial charge in [-0.3, -0.25) is 4.79 Å². The van der Waals surface area contributed by atoms with E-state index in [0.29, 0.717) is 19.6 Å². The molecule has 1 aromatic carbocycles. The highest BCUT2D eigenvalue weighted by atomic mass is 16.6. The number of carbonyl (C=O) groups is 1. The molecule has 3 rings (SSSR count). The van der Waals surface area contributed by atoms with Gasteiger partial charge in [0.25, 0.3) is 0 Å². The minimum Gasteiger partial charge on any atom is -0.493 e. The van der Waals surface area contributed by atoms with Crippen molar-refractivity contribution in [2.75, 3.05) is 33.4 Å². The molecule has 1 atom stereocenters. The number of hydrogen-bond acceptors (Lipinski definition) is 4. The number of methoxy groups -OCH3 is 1. The van der Waals surface area contributed by atoms with Crippen LogP contribution in [0.4, 0.5) is 0 Å². The molecular formula is C18H25NO4. The van der Waals surface area contributed by atoms with Gasteiger partial charge in [-0.25, -0.2) is 0 Å². The van der Waals surface area contributed by atoms with Crippen LogP contribution in [-0.4, -0.2) is 55.9 Å². The average Bonchev–Trinajstić information content (AvgIpc) is 2.99. The molecule has 2 aliphatic rings. The Morgan fingerprint density at radius 1 is 1.30 bits per heavy atom. The zero-order chi connectivity index (χ0) is 16.1. The van der Waals surface area contributed by atoms with Gasteiger partial charge < -0.3 is 19.1 Å².